The maximum atomic E-state index is 12.2. The molecule has 3 aromatic carbocycles. The molecule has 0 bridgehead atoms. The minimum Gasteiger partial charge on any atom is -0.462 e. The highest BCUT2D eigenvalue weighted by Gasteiger charge is 2.28. The van der Waals surface area contributed by atoms with Crippen LogP contribution in [0.5, 0.6) is 0 Å². The van der Waals surface area contributed by atoms with Crippen molar-refractivity contribution in [2.45, 2.75) is 92.8 Å². The van der Waals surface area contributed by atoms with Gasteiger partial charge in [0.15, 0.2) is 17.5 Å². The van der Waals surface area contributed by atoms with E-state index >= 15 is 0 Å². The van der Waals surface area contributed by atoms with E-state index in [2.05, 4.69) is 92.6 Å². The van der Waals surface area contributed by atoms with Gasteiger partial charge in [0.1, 0.15) is 18.2 Å². The fraction of sp³-hybridized carbons (Fsp3) is 0.263. The second kappa shape index (κ2) is 26.1. The Morgan fingerprint density at radius 2 is 1.35 bits per heavy atom. The van der Waals surface area contributed by atoms with E-state index in [0.717, 1.165) is 46.0 Å². The lowest BCUT2D eigenvalue weighted by atomic mass is 10.2. The SMILES string of the molecule is CC(=O)OC/C=C/c1cnc(-c2ccccc2)nc1Nc1cc(C2CC2)[nH]n1.CCCNS(=O)(=O)c1ccc(Nc2nccc(Cc3cc(C4CC4)n[nH]3)n2)cc1.NS(=O)(=O)c1cccc(Nc2nccc(Nc3cc(C4CC4)[nH]n3)n2)c1.[HH].[HH].[HH].[HH].[HH].[HH].[HH].[HH].[HH].[HH]. The number of rotatable bonds is 22. The third-order valence-electron chi connectivity index (χ3n) is 13.0. The summed E-state index contributed by atoms with van der Waals surface area (Å²) in [6.07, 6.45) is 17.3. The second-order valence-electron chi connectivity index (χ2n) is 19.9. The number of nitrogens with zero attached hydrogens (tertiary/aromatic N) is 9. The molecule has 0 unspecified atom stereocenters. The van der Waals surface area contributed by atoms with Crippen molar-refractivity contribution in [2.75, 3.05) is 34.4 Å². The molecule has 9 aromatic rings. The number of aromatic nitrogens is 12. The van der Waals surface area contributed by atoms with Gasteiger partial charge in [0, 0.05) is 122 Å². The van der Waals surface area contributed by atoms with Crippen LogP contribution in [0, 0.1) is 0 Å². The lowest BCUT2D eigenvalue weighted by Crippen LogP contribution is -2.24. The van der Waals surface area contributed by atoms with Gasteiger partial charge in [-0.05, 0) is 112 Å². The van der Waals surface area contributed by atoms with Gasteiger partial charge in [0.05, 0.1) is 21.2 Å². The molecule has 24 nitrogen and oxygen atoms in total. The third-order valence-corrected chi connectivity index (χ3v) is 15.4. The summed E-state index contributed by atoms with van der Waals surface area (Å²) >= 11 is 0. The van der Waals surface area contributed by atoms with E-state index in [0.29, 0.717) is 83.1 Å². The minimum absolute atomic E-state index is 0. The van der Waals surface area contributed by atoms with Gasteiger partial charge in [-0.2, -0.15) is 20.3 Å². The molecule has 26 heteroatoms. The number of esters is 1. The Morgan fingerprint density at radius 3 is 2.02 bits per heavy atom. The van der Waals surface area contributed by atoms with E-state index in [9.17, 15) is 21.6 Å². The van der Waals surface area contributed by atoms with Gasteiger partial charge in [-0.1, -0.05) is 49.4 Å². The van der Waals surface area contributed by atoms with Crippen molar-refractivity contribution in [1.29, 1.82) is 0 Å². The van der Waals surface area contributed by atoms with Crippen molar-refractivity contribution in [3.63, 3.8) is 0 Å². The topological polar surface area (TPSA) is 344 Å². The quantitative estimate of drug-likeness (QED) is 0.0285. The van der Waals surface area contributed by atoms with Crippen LogP contribution in [0.2, 0.25) is 0 Å². The van der Waals surface area contributed by atoms with Crippen molar-refractivity contribution in [1.82, 2.24) is 65.2 Å². The summed E-state index contributed by atoms with van der Waals surface area (Å²) in [6.45, 7) is 3.92. The molecular formula is C57H82N18O6S2. The number of nitrogens with one attached hydrogen (secondary N) is 8. The van der Waals surface area contributed by atoms with Crippen molar-refractivity contribution < 1.29 is 40.6 Å². The number of primary sulfonamides is 1. The summed E-state index contributed by atoms with van der Waals surface area (Å²) in [5.41, 5.74) is 8.26. The van der Waals surface area contributed by atoms with Crippen LogP contribution >= 0.6 is 0 Å². The average molecular weight is 1180 g/mol. The summed E-state index contributed by atoms with van der Waals surface area (Å²) in [7, 11) is -7.24. The molecule has 0 aliphatic heterocycles. The van der Waals surface area contributed by atoms with Crippen LogP contribution < -0.4 is 31.1 Å². The van der Waals surface area contributed by atoms with Gasteiger partial charge >= 0.3 is 5.97 Å². The van der Waals surface area contributed by atoms with Crippen LogP contribution in [0.1, 0.15) is 125 Å². The van der Waals surface area contributed by atoms with E-state index in [4.69, 9.17) is 9.88 Å². The molecular weight excluding hydrogens is 1100 g/mol. The Hall–Kier alpha value is -9.24. The molecule has 0 atom stereocenters. The van der Waals surface area contributed by atoms with Crippen molar-refractivity contribution >= 4 is 78.6 Å². The molecule has 0 saturated heterocycles. The van der Waals surface area contributed by atoms with Gasteiger partial charge in [-0.15, -0.1) is 0 Å². The lowest BCUT2D eigenvalue weighted by Gasteiger charge is -2.09. The first kappa shape index (κ1) is 57.0. The van der Waals surface area contributed by atoms with Gasteiger partial charge in [0.2, 0.25) is 31.9 Å². The zero-order chi connectivity index (χ0) is 57.8. The Morgan fingerprint density at radius 1 is 0.675 bits per heavy atom. The Kier molecular flexibility index (Phi) is 17.9. The molecule has 3 fully saturated rings. The summed E-state index contributed by atoms with van der Waals surface area (Å²) in [6, 6.07) is 32.2. The number of H-pyrrole nitrogens is 3. The lowest BCUT2D eigenvalue weighted by molar-refractivity contribution is -0.139. The van der Waals surface area contributed by atoms with Crippen molar-refractivity contribution in [3.8, 4) is 11.4 Å². The maximum Gasteiger partial charge on any atom is 0.302 e. The zero-order valence-corrected chi connectivity index (χ0v) is 47.1. The first-order valence-corrected chi connectivity index (χ1v) is 30.1. The molecule has 448 valence electrons. The Labute approximate surface area is 494 Å². The summed E-state index contributed by atoms with van der Waals surface area (Å²) in [4.78, 5) is 37.6. The number of carbonyl (C=O) groups is 1. The number of aromatic amines is 3. The van der Waals surface area contributed by atoms with Gasteiger partial charge < -0.3 is 26.0 Å². The third kappa shape index (κ3) is 16.7. The molecule has 12 rings (SSSR count). The van der Waals surface area contributed by atoms with Gasteiger partial charge in [-0.25, -0.2) is 51.6 Å². The highest BCUT2D eigenvalue weighted by atomic mass is 32.2. The fourth-order valence-corrected chi connectivity index (χ4v) is 9.98. The molecule has 6 heterocycles. The highest BCUT2D eigenvalue weighted by Crippen LogP contribution is 2.41. The fourth-order valence-electron chi connectivity index (χ4n) is 8.28. The van der Waals surface area contributed by atoms with Crippen LogP contribution in [0.15, 0.2) is 144 Å². The molecule has 10 N–H and O–H groups in total. The standard InChI is InChI=1S/C21H21N5O2.C20H24N6O2S.C16H17N7O2S.10H2/c1-14(27)28-11-5-8-17-13-22-20(16-6-3-2-4-7-16)24-21(17)23-19-12-18(25-26-19)15-9-10-15;1-2-10-22-29(27,28)18-7-5-15(6-8-18)23-20-21-11-9-16(24-20)12-17-13-19(26-25-17)14-3-4-14;17-26(24,25)12-3-1-2-11(8-12)19-16-18-7-6-14(21-16)20-15-9-13(22-23-15)10-4-5-10;;;;;;;;;;/h2-8,12-13,15H,9-11H2,1H3,(H2,22,23,24,25,26);5-9,11,13-14,22H,2-4,10,12H2,1H3,(H,25,26)(H,21,23,24);1-3,6-10H,4-5H2,(H2,17,24,25)(H3,18,19,20,21,22,23);10*1H/b8-5+;;;;;;;;;;;;. The van der Waals surface area contributed by atoms with Crippen LogP contribution in [0.25, 0.3) is 17.5 Å². The number of sulfonamides is 2. The molecule has 83 heavy (non-hydrogen) atoms. The number of benzene rings is 3. The predicted octanol–water partition coefficient (Wildman–Crippen LogP) is 11.8. The van der Waals surface area contributed by atoms with Crippen LogP contribution in [0.3, 0.4) is 0 Å². The molecule has 3 saturated carbocycles. The van der Waals surface area contributed by atoms with E-state index < -0.39 is 20.0 Å². The summed E-state index contributed by atoms with van der Waals surface area (Å²) in [5, 5.41) is 39.8. The average Bonchev–Trinajstić information content (AvgIpc) is 2.06. The monoisotopic (exact) mass is 1180 g/mol. The van der Waals surface area contributed by atoms with Gasteiger partial charge in [-0.3, -0.25) is 20.1 Å². The number of ether oxygens (including phenoxy) is 1. The normalized spacial score (nSPS) is 14.0. The molecule has 3 aliphatic carbocycles. The highest BCUT2D eigenvalue weighted by molar-refractivity contribution is 7.89. The molecule has 6 aromatic heterocycles. The number of hydrogen-bond acceptors (Lipinski definition) is 19. The molecule has 3 aliphatic rings. The van der Waals surface area contributed by atoms with Crippen molar-refractivity contribution in [3.05, 3.63) is 168 Å². The predicted molar refractivity (Wildman–Crippen MR) is 336 cm³/mol. The number of anilines is 8. The van der Waals surface area contributed by atoms with E-state index in [1.807, 2.05) is 61.5 Å². The largest absolute Gasteiger partial charge is 0.462 e. The number of nitrogens with two attached hydrogens (primary N) is 1. The van der Waals surface area contributed by atoms with E-state index in [1.165, 1.54) is 57.6 Å². The smallest absolute Gasteiger partial charge is 0.302 e. The van der Waals surface area contributed by atoms with Crippen molar-refractivity contribution in [2.24, 2.45) is 5.14 Å². The van der Waals surface area contributed by atoms with E-state index in [1.54, 1.807) is 67.1 Å². The zero-order valence-electron chi connectivity index (χ0n) is 45.5. The summed E-state index contributed by atoms with van der Waals surface area (Å²) < 4.78 is 54.7. The molecule has 0 radical (unpaired) electrons. The number of carbonyl (C=O) groups excluding carboxylic acids is 1. The van der Waals surface area contributed by atoms with Gasteiger partial charge in [0.25, 0.3) is 0 Å². The molecule has 0 spiro atoms. The van der Waals surface area contributed by atoms with E-state index in [-0.39, 0.29) is 36.6 Å². The minimum atomic E-state index is -3.77. The molecule has 0 amide bonds. The Bertz CT molecular complexity index is 3960. The van der Waals surface area contributed by atoms with Crippen LogP contribution in [-0.4, -0.2) is 96.5 Å². The van der Waals surface area contributed by atoms with Crippen LogP contribution in [-0.2, 0) is 36.0 Å². The number of hydrogen-bond donors (Lipinski definition) is 9. The second-order valence-corrected chi connectivity index (χ2v) is 23.3. The van der Waals surface area contributed by atoms with Crippen LogP contribution in [0.4, 0.5) is 46.5 Å². The Balaban J connectivity index is 0.00000130. The maximum absolute atomic E-state index is 12.2. The first-order valence-electron chi connectivity index (χ1n) is 27.0. The first-order chi connectivity index (χ1) is 40.2. The summed E-state index contributed by atoms with van der Waals surface area (Å²) in [5.74, 6) is 5.50.